The van der Waals surface area contributed by atoms with Crippen LogP contribution in [0.4, 0.5) is 0 Å². The van der Waals surface area contributed by atoms with Gasteiger partial charge in [0, 0.05) is 10.9 Å². The molecule has 0 amide bonds. The third-order valence-electron chi connectivity index (χ3n) is 4.25. The van der Waals surface area contributed by atoms with E-state index in [0.717, 1.165) is 16.8 Å². The number of guanidine groups is 1. The Morgan fingerprint density at radius 2 is 1.77 bits per heavy atom. The molecule has 0 fully saturated rings. The molecule has 0 saturated heterocycles. The molecule has 2 atom stereocenters. The van der Waals surface area contributed by atoms with Gasteiger partial charge < -0.3 is 21.7 Å². The lowest BCUT2D eigenvalue weighted by atomic mass is 9.91. The molecule has 1 aliphatic heterocycles. The highest BCUT2D eigenvalue weighted by Gasteiger charge is 2.30. The molecular weight excluding hydrogens is 410 g/mol. The topological polar surface area (TPSA) is 166 Å². The summed E-state index contributed by atoms with van der Waals surface area (Å²) in [6, 6.07) is 16.4. The highest BCUT2D eigenvalue weighted by molar-refractivity contribution is 6.30. The number of carbonyl (C=O) groups is 2. The lowest BCUT2D eigenvalue weighted by Gasteiger charge is -2.14. The Hall–Kier alpha value is -3.43. The zero-order chi connectivity index (χ0) is 22.3. The van der Waals surface area contributed by atoms with Crippen LogP contribution in [0.1, 0.15) is 23.5 Å². The van der Waals surface area contributed by atoms with Crippen LogP contribution >= 0.6 is 11.6 Å². The van der Waals surface area contributed by atoms with Crippen molar-refractivity contribution in [2.45, 2.75) is 18.4 Å². The van der Waals surface area contributed by atoms with Crippen LogP contribution in [0, 0.1) is 5.41 Å². The van der Waals surface area contributed by atoms with E-state index in [1.165, 1.54) is 5.01 Å². The maximum absolute atomic E-state index is 9.85. The van der Waals surface area contributed by atoms with Crippen LogP contribution in [0.2, 0.25) is 5.02 Å². The van der Waals surface area contributed by atoms with Crippen molar-refractivity contribution >= 4 is 35.2 Å². The van der Waals surface area contributed by atoms with Crippen molar-refractivity contribution < 1.29 is 19.8 Å². The Balaban J connectivity index is 0.000000303. The summed E-state index contributed by atoms with van der Waals surface area (Å²) in [5.41, 5.74) is 13.5. The number of nitrogens with two attached hydrogens (primary N) is 2. The van der Waals surface area contributed by atoms with Crippen molar-refractivity contribution in [3.8, 4) is 0 Å². The number of hydrogen-bond acceptors (Lipinski definition) is 5. The summed E-state index contributed by atoms with van der Waals surface area (Å²) in [6.45, 7) is 0.581. The molecule has 30 heavy (non-hydrogen) atoms. The van der Waals surface area contributed by atoms with Gasteiger partial charge in [0.2, 0.25) is 5.96 Å². The van der Waals surface area contributed by atoms with Gasteiger partial charge in [-0.25, -0.2) is 5.01 Å². The Morgan fingerprint density at radius 1 is 1.17 bits per heavy atom. The molecule has 0 spiro atoms. The first-order valence-corrected chi connectivity index (χ1v) is 9.28. The smallest absolute Gasteiger partial charge is 0.321 e. The van der Waals surface area contributed by atoms with Crippen LogP contribution in [0.15, 0.2) is 59.7 Å². The van der Waals surface area contributed by atoms with Gasteiger partial charge in [-0.05, 0) is 23.3 Å². The van der Waals surface area contributed by atoms with Crippen LogP contribution in [-0.4, -0.2) is 51.4 Å². The van der Waals surface area contributed by atoms with Gasteiger partial charge in [0.15, 0.2) is 0 Å². The molecule has 0 aromatic heterocycles. The highest BCUT2D eigenvalue weighted by atomic mass is 35.5. The van der Waals surface area contributed by atoms with E-state index in [1.807, 2.05) is 42.5 Å². The maximum Gasteiger partial charge on any atom is 0.321 e. The molecule has 158 valence electrons. The van der Waals surface area contributed by atoms with Crippen LogP contribution in [-0.2, 0) is 9.59 Å². The monoisotopic (exact) mass is 431 g/mol. The maximum atomic E-state index is 9.85. The van der Waals surface area contributed by atoms with Gasteiger partial charge in [0.1, 0.15) is 6.04 Å². The molecule has 7 N–H and O–H groups in total. The van der Waals surface area contributed by atoms with Crippen molar-refractivity contribution in [1.29, 1.82) is 5.41 Å². The summed E-state index contributed by atoms with van der Waals surface area (Å²) in [7, 11) is 0. The standard InChI is InChI=1S/C16H15ClN4.C4H7NO4/c17-13-8-6-12(7-9-13)15-14(10-21(20-15)16(18)19)11-4-2-1-3-5-11;5-2(4(8)9)1-3(6)7/h1-9,14H,10H2,(H3,18,19);2H,1,5H2,(H,6,7)(H,8,9)/t14-;/m1./s1. The molecule has 1 aliphatic rings. The second kappa shape index (κ2) is 10.4. The molecular formula is C20H22ClN5O4. The number of nitrogens with zero attached hydrogens (tertiary/aromatic N) is 2. The minimum Gasteiger partial charge on any atom is -0.481 e. The lowest BCUT2D eigenvalue weighted by molar-refractivity contribution is -0.144. The lowest BCUT2D eigenvalue weighted by Crippen LogP contribution is -2.32. The van der Waals surface area contributed by atoms with Gasteiger partial charge in [-0.1, -0.05) is 54.1 Å². The fourth-order valence-electron chi connectivity index (χ4n) is 2.76. The Morgan fingerprint density at radius 3 is 2.23 bits per heavy atom. The minimum atomic E-state index is -1.29. The molecule has 0 aliphatic carbocycles. The van der Waals surface area contributed by atoms with E-state index >= 15 is 0 Å². The quantitative estimate of drug-likeness (QED) is 0.356. The third kappa shape index (κ3) is 6.29. The van der Waals surface area contributed by atoms with Crippen LogP contribution in [0.3, 0.4) is 0 Å². The minimum absolute atomic E-state index is 0.0418. The molecule has 1 unspecified atom stereocenters. The summed E-state index contributed by atoms with van der Waals surface area (Å²) in [5.74, 6) is -2.45. The number of carboxylic acid groups (broad SMARTS) is 2. The zero-order valence-electron chi connectivity index (χ0n) is 15.9. The Kier molecular flexibility index (Phi) is 7.90. The molecule has 2 aromatic rings. The first-order valence-electron chi connectivity index (χ1n) is 8.90. The number of hydrogen-bond donors (Lipinski definition) is 5. The average Bonchev–Trinajstić information content (AvgIpc) is 3.15. The van der Waals surface area contributed by atoms with Crippen LogP contribution in [0.25, 0.3) is 0 Å². The molecule has 10 heteroatoms. The number of hydrazone groups is 1. The number of nitrogens with one attached hydrogen (secondary N) is 1. The summed E-state index contributed by atoms with van der Waals surface area (Å²) in [6.07, 6.45) is -0.532. The van der Waals surface area contributed by atoms with E-state index in [9.17, 15) is 9.59 Å². The summed E-state index contributed by atoms with van der Waals surface area (Å²) in [4.78, 5) is 19.6. The number of rotatable bonds is 5. The number of aliphatic carboxylic acids is 2. The van der Waals surface area contributed by atoms with Gasteiger partial charge >= 0.3 is 11.9 Å². The Bertz CT molecular complexity index is 934. The molecule has 1 heterocycles. The summed E-state index contributed by atoms with van der Waals surface area (Å²) < 4.78 is 0. The molecule has 0 bridgehead atoms. The molecule has 0 saturated carbocycles. The fourth-order valence-corrected chi connectivity index (χ4v) is 2.88. The van der Waals surface area contributed by atoms with E-state index in [4.69, 9.17) is 38.7 Å². The van der Waals surface area contributed by atoms with Crippen molar-refractivity contribution in [3.63, 3.8) is 0 Å². The number of benzene rings is 2. The van der Waals surface area contributed by atoms with Gasteiger partial charge in [0.05, 0.1) is 18.7 Å². The van der Waals surface area contributed by atoms with E-state index in [0.29, 0.717) is 11.6 Å². The average molecular weight is 432 g/mol. The molecule has 2 aromatic carbocycles. The Labute approximate surface area is 178 Å². The van der Waals surface area contributed by atoms with Gasteiger partial charge in [-0.15, -0.1) is 0 Å². The van der Waals surface area contributed by atoms with E-state index in [-0.39, 0.29) is 11.9 Å². The van der Waals surface area contributed by atoms with Gasteiger partial charge in [-0.3, -0.25) is 15.0 Å². The number of carboxylic acids is 2. The zero-order valence-corrected chi connectivity index (χ0v) is 16.7. The predicted octanol–water partition coefficient (Wildman–Crippen LogP) is 1.91. The second-order valence-electron chi connectivity index (χ2n) is 6.47. The van der Waals surface area contributed by atoms with E-state index in [1.54, 1.807) is 0 Å². The van der Waals surface area contributed by atoms with Crippen molar-refractivity contribution in [3.05, 3.63) is 70.7 Å². The molecule has 3 rings (SSSR count). The predicted molar refractivity (Wildman–Crippen MR) is 114 cm³/mol. The largest absolute Gasteiger partial charge is 0.481 e. The first kappa shape index (κ1) is 22.9. The SMILES string of the molecule is N=C(N)N1C[C@H](c2ccccc2)C(c2ccc(Cl)cc2)=N1.NC(CC(=O)O)C(=O)O. The molecule has 0 radical (unpaired) electrons. The highest BCUT2D eigenvalue weighted by Crippen LogP contribution is 2.28. The third-order valence-corrected chi connectivity index (χ3v) is 4.50. The summed E-state index contributed by atoms with van der Waals surface area (Å²) in [5, 5.41) is 30.4. The van der Waals surface area contributed by atoms with Gasteiger partial charge in [0.25, 0.3) is 0 Å². The normalized spacial score (nSPS) is 16.1. The first-order chi connectivity index (χ1) is 14.2. The van der Waals surface area contributed by atoms with E-state index in [2.05, 4.69) is 17.2 Å². The fraction of sp³-hybridized carbons (Fsp3) is 0.200. The summed E-state index contributed by atoms with van der Waals surface area (Å²) >= 11 is 5.95. The van der Waals surface area contributed by atoms with Crippen LogP contribution < -0.4 is 11.5 Å². The molecule has 9 nitrogen and oxygen atoms in total. The van der Waals surface area contributed by atoms with Crippen molar-refractivity contribution in [1.82, 2.24) is 5.01 Å². The number of halogens is 1. The van der Waals surface area contributed by atoms with Crippen molar-refractivity contribution in [2.24, 2.45) is 16.6 Å². The van der Waals surface area contributed by atoms with Gasteiger partial charge in [-0.2, -0.15) is 5.10 Å². The van der Waals surface area contributed by atoms with Crippen LogP contribution in [0.5, 0.6) is 0 Å². The van der Waals surface area contributed by atoms with E-state index < -0.39 is 24.4 Å². The van der Waals surface area contributed by atoms with Crippen molar-refractivity contribution in [2.75, 3.05) is 6.54 Å². The second-order valence-corrected chi connectivity index (χ2v) is 6.90.